The number of hydrogen-bond acceptors (Lipinski definition) is 7. The molecule has 142 valence electrons. The Hall–Kier alpha value is -4.08. The van der Waals surface area contributed by atoms with E-state index in [1.165, 1.54) is 30.6 Å². The van der Waals surface area contributed by atoms with E-state index in [2.05, 4.69) is 10.3 Å². The minimum Gasteiger partial charge on any atom is -0.454 e. The van der Waals surface area contributed by atoms with Crippen LogP contribution in [0.25, 0.3) is 10.9 Å². The monoisotopic (exact) mass is 382 g/mol. The molecule has 28 heavy (non-hydrogen) atoms. The van der Waals surface area contributed by atoms with E-state index in [0.29, 0.717) is 16.6 Å². The Morgan fingerprint density at radius 1 is 1.14 bits per heavy atom. The van der Waals surface area contributed by atoms with Crippen molar-refractivity contribution in [3.63, 3.8) is 0 Å². The van der Waals surface area contributed by atoms with E-state index in [1.54, 1.807) is 24.3 Å². The van der Waals surface area contributed by atoms with Crippen LogP contribution >= 0.6 is 0 Å². The predicted molar refractivity (Wildman–Crippen MR) is 98.7 cm³/mol. The average molecular weight is 382 g/mol. The molecule has 10 nitrogen and oxygen atoms in total. The van der Waals surface area contributed by atoms with Gasteiger partial charge in [0.15, 0.2) is 6.61 Å². The molecule has 3 rings (SSSR count). The number of nitro groups is 1. The minimum absolute atomic E-state index is 0.112. The summed E-state index contributed by atoms with van der Waals surface area (Å²) in [6, 6.07) is 11.9. The number of carbonyl (C=O) groups is 2. The number of nitro benzene ring substituents is 1. The van der Waals surface area contributed by atoms with Crippen LogP contribution in [-0.4, -0.2) is 33.0 Å². The topological polar surface area (TPSA) is 133 Å². The van der Waals surface area contributed by atoms with Crippen LogP contribution in [0.4, 0.5) is 11.4 Å². The Morgan fingerprint density at radius 3 is 2.57 bits per heavy atom. The van der Waals surface area contributed by atoms with Crippen LogP contribution < -0.4 is 10.9 Å². The Morgan fingerprint density at radius 2 is 1.86 bits per heavy atom. The third-order valence-corrected chi connectivity index (χ3v) is 3.76. The molecule has 0 spiro atoms. The maximum atomic E-state index is 12.3. The number of fused-ring (bicyclic) bond motifs is 1. The summed E-state index contributed by atoms with van der Waals surface area (Å²) in [5.41, 5.74) is 0.331. The summed E-state index contributed by atoms with van der Waals surface area (Å²) >= 11 is 0. The number of carbonyl (C=O) groups excluding carboxylic acids is 2. The molecule has 0 aliphatic rings. The van der Waals surface area contributed by atoms with Crippen LogP contribution in [0.3, 0.4) is 0 Å². The first kappa shape index (κ1) is 18.7. The van der Waals surface area contributed by atoms with Crippen molar-refractivity contribution in [1.29, 1.82) is 0 Å². The van der Waals surface area contributed by atoms with E-state index < -0.39 is 29.0 Å². The van der Waals surface area contributed by atoms with Gasteiger partial charge in [-0.05, 0) is 24.3 Å². The molecular formula is C18H14N4O6. The lowest BCUT2D eigenvalue weighted by atomic mass is 10.2. The van der Waals surface area contributed by atoms with Gasteiger partial charge in [0.2, 0.25) is 0 Å². The molecule has 1 aromatic heterocycles. The van der Waals surface area contributed by atoms with E-state index in [9.17, 15) is 24.5 Å². The van der Waals surface area contributed by atoms with Gasteiger partial charge >= 0.3 is 5.97 Å². The van der Waals surface area contributed by atoms with Crippen molar-refractivity contribution in [1.82, 2.24) is 9.55 Å². The van der Waals surface area contributed by atoms with Gasteiger partial charge in [0.05, 0.1) is 22.2 Å². The zero-order valence-electron chi connectivity index (χ0n) is 14.4. The quantitative estimate of drug-likeness (QED) is 0.388. The number of non-ortho nitro benzene ring substituents is 1. The molecule has 2 aromatic carbocycles. The van der Waals surface area contributed by atoms with Crippen LogP contribution in [0, 0.1) is 10.1 Å². The zero-order valence-corrected chi connectivity index (χ0v) is 14.4. The summed E-state index contributed by atoms with van der Waals surface area (Å²) in [6.45, 7) is -0.951. The Kier molecular flexibility index (Phi) is 5.40. The number of rotatable bonds is 6. The number of ether oxygens (including phenoxy) is 1. The minimum atomic E-state index is -0.780. The number of benzene rings is 2. The molecule has 0 fully saturated rings. The second-order valence-electron chi connectivity index (χ2n) is 5.71. The SMILES string of the molecule is O=C(COC(=O)Cn1cnc2ccccc2c1=O)Nc1ccc([N+](=O)[O-])cc1. The molecule has 1 N–H and O–H groups in total. The number of nitrogens with one attached hydrogen (secondary N) is 1. The first-order valence-electron chi connectivity index (χ1n) is 8.08. The van der Waals surface area contributed by atoms with Gasteiger partial charge in [0.25, 0.3) is 17.2 Å². The molecular weight excluding hydrogens is 368 g/mol. The molecule has 0 saturated heterocycles. The Bertz CT molecular complexity index is 1110. The van der Waals surface area contributed by atoms with Crippen molar-refractivity contribution >= 4 is 34.2 Å². The highest BCUT2D eigenvalue weighted by Crippen LogP contribution is 2.15. The van der Waals surface area contributed by atoms with E-state index in [0.717, 1.165) is 4.57 Å². The van der Waals surface area contributed by atoms with Crippen molar-refractivity contribution in [3.8, 4) is 0 Å². The Balaban J connectivity index is 1.55. The summed E-state index contributed by atoms with van der Waals surface area (Å²) in [5.74, 6) is -1.40. The predicted octanol–water partition coefficient (Wildman–Crippen LogP) is 1.49. The van der Waals surface area contributed by atoms with Crippen LogP contribution in [0.1, 0.15) is 0 Å². The summed E-state index contributed by atoms with van der Waals surface area (Å²) in [4.78, 5) is 50.2. The summed E-state index contributed by atoms with van der Waals surface area (Å²) in [6.07, 6.45) is 1.24. The maximum Gasteiger partial charge on any atom is 0.326 e. The molecule has 1 amide bonds. The van der Waals surface area contributed by atoms with E-state index in [-0.39, 0.29) is 12.2 Å². The number of amides is 1. The molecule has 0 aliphatic heterocycles. The fourth-order valence-corrected chi connectivity index (χ4v) is 2.41. The lowest BCUT2D eigenvalue weighted by molar-refractivity contribution is -0.384. The smallest absolute Gasteiger partial charge is 0.326 e. The first-order valence-corrected chi connectivity index (χ1v) is 8.08. The van der Waals surface area contributed by atoms with Crippen LogP contribution in [-0.2, 0) is 20.9 Å². The summed E-state index contributed by atoms with van der Waals surface area (Å²) < 4.78 is 5.96. The number of nitrogens with zero attached hydrogens (tertiary/aromatic N) is 3. The highest BCUT2D eigenvalue weighted by Gasteiger charge is 2.12. The van der Waals surface area contributed by atoms with Gasteiger partial charge in [0, 0.05) is 17.8 Å². The second-order valence-corrected chi connectivity index (χ2v) is 5.71. The van der Waals surface area contributed by atoms with E-state index >= 15 is 0 Å². The number of hydrogen-bond donors (Lipinski definition) is 1. The first-order chi connectivity index (χ1) is 13.4. The fraction of sp³-hybridized carbons (Fsp3) is 0.111. The molecule has 3 aromatic rings. The number of aromatic nitrogens is 2. The van der Waals surface area contributed by atoms with Crippen molar-refractivity contribution in [2.75, 3.05) is 11.9 Å². The average Bonchev–Trinajstić information content (AvgIpc) is 2.69. The van der Waals surface area contributed by atoms with Crippen molar-refractivity contribution in [3.05, 3.63) is 75.3 Å². The zero-order chi connectivity index (χ0) is 20.1. The largest absolute Gasteiger partial charge is 0.454 e. The molecule has 10 heteroatoms. The van der Waals surface area contributed by atoms with Crippen molar-refractivity contribution in [2.24, 2.45) is 0 Å². The van der Waals surface area contributed by atoms with Gasteiger partial charge in [-0.25, -0.2) is 4.98 Å². The molecule has 0 unspecified atom stereocenters. The molecule has 1 heterocycles. The molecule has 0 bridgehead atoms. The van der Waals surface area contributed by atoms with E-state index in [1.807, 2.05) is 0 Å². The van der Waals surface area contributed by atoms with Gasteiger partial charge in [-0.15, -0.1) is 0 Å². The van der Waals surface area contributed by atoms with Gasteiger partial charge in [-0.1, -0.05) is 12.1 Å². The van der Waals surface area contributed by atoms with Crippen LogP contribution in [0.15, 0.2) is 59.7 Å². The normalized spacial score (nSPS) is 10.4. The van der Waals surface area contributed by atoms with Crippen LogP contribution in [0.5, 0.6) is 0 Å². The molecule has 0 aliphatic carbocycles. The number of para-hydroxylation sites is 1. The molecule has 0 atom stereocenters. The highest BCUT2D eigenvalue weighted by molar-refractivity contribution is 5.92. The second kappa shape index (κ2) is 8.08. The van der Waals surface area contributed by atoms with Gasteiger partial charge in [-0.2, -0.15) is 0 Å². The van der Waals surface area contributed by atoms with Crippen molar-refractivity contribution < 1.29 is 19.2 Å². The van der Waals surface area contributed by atoms with Gasteiger partial charge < -0.3 is 10.1 Å². The highest BCUT2D eigenvalue weighted by atomic mass is 16.6. The standard InChI is InChI=1S/C18H14N4O6/c23-16(20-12-5-7-13(8-6-12)22(26)27)10-28-17(24)9-21-11-19-15-4-2-1-3-14(15)18(21)25/h1-8,11H,9-10H2,(H,20,23). The maximum absolute atomic E-state index is 12.3. The Labute approximate surface area is 157 Å². The number of anilines is 1. The van der Waals surface area contributed by atoms with Crippen molar-refractivity contribution in [2.45, 2.75) is 6.54 Å². The third kappa shape index (κ3) is 4.36. The van der Waals surface area contributed by atoms with E-state index in [4.69, 9.17) is 4.74 Å². The van der Waals surface area contributed by atoms with Crippen LogP contribution in [0.2, 0.25) is 0 Å². The van der Waals surface area contributed by atoms with Gasteiger partial charge in [0.1, 0.15) is 6.54 Å². The molecule has 0 radical (unpaired) electrons. The fourth-order valence-electron chi connectivity index (χ4n) is 2.41. The summed E-state index contributed by atoms with van der Waals surface area (Å²) in [7, 11) is 0. The number of esters is 1. The third-order valence-electron chi connectivity index (χ3n) is 3.76. The summed E-state index contributed by atoms with van der Waals surface area (Å²) in [5, 5.41) is 13.4. The lowest BCUT2D eigenvalue weighted by Gasteiger charge is -2.08. The lowest BCUT2D eigenvalue weighted by Crippen LogP contribution is -2.28. The van der Waals surface area contributed by atoms with Gasteiger partial charge in [-0.3, -0.25) is 29.1 Å². The molecule has 0 saturated carbocycles.